The summed E-state index contributed by atoms with van der Waals surface area (Å²) in [5.41, 5.74) is 0.667. The zero-order valence-corrected chi connectivity index (χ0v) is 12.0. The lowest BCUT2D eigenvalue weighted by atomic mass is 10.3. The van der Waals surface area contributed by atoms with E-state index >= 15 is 0 Å². The summed E-state index contributed by atoms with van der Waals surface area (Å²) in [6.45, 7) is 6.31. The third-order valence-corrected chi connectivity index (χ3v) is 5.15. The second kappa shape index (κ2) is 6.00. The van der Waals surface area contributed by atoms with Crippen molar-refractivity contribution in [3.63, 3.8) is 0 Å². The molecule has 0 amide bonds. The Labute approximate surface area is 113 Å². The van der Waals surface area contributed by atoms with Gasteiger partial charge in [0.25, 0.3) is 10.0 Å². The average molecular weight is 288 g/mol. The predicted octanol–water partition coefficient (Wildman–Crippen LogP) is -0.0714. The van der Waals surface area contributed by atoms with Crippen molar-refractivity contribution < 1.29 is 13.2 Å². The maximum Gasteiger partial charge on any atom is 0.260 e. The van der Waals surface area contributed by atoms with Crippen LogP contribution in [0.2, 0.25) is 0 Å². The van der Waals surface area contributed by atoms with Crippen molar-refractivity contribution in [2.75, 3.05) is 26.3 Å². The minimum Gasteiger partial charge on any atom is -0.378 e. The van der Waals surface area contributed by atoms with Crippen molar-refractivity contribution in [2.45, 2.75) is 31.5 Å². The second-order valence-corrected chi connectivity index (χ2v) is 6.37. The predicted molar refractivity (Wildman–Crippen MR) is 70.1 cm³/mol. The summed E-state index contributed by atoms with van der Waals surface area (Å²) in [6, 6.07) is -0.158. The van der Waals surface area contributed by atoms with E-state index in [1.807, 2.05) is 13.8 Å². The van der Waals surface area contributed by atoms with E-state index in [1.165, 1.54) is 4.31 Å². The summed E-state index contributed by atoms with van der Waals surface area (Å²) in [6.07, 6.45) is 1.56. The molecule has 108 valence electrons. The van der Waals surface area contributed by atoms with Gasteiger partial charge >= 0.3 is 0 Å². The highest BCUT2D eigenvalue weighted by Crippen LogP contribution is 2.21. The van der Waals surface area contributed by atoms with Gasteiger partial charge in [0.2, 0.25) is 0 Å². The number of aromatic nitrogens is 2. The summed E-state index contributed by atoms with van der Waals surface area (Å²) < 4.78 is 32.0. The van der Waals surface area contributed by atoms with Crippen LogP contribution >= 0.6 is 0 Å². The van der Waals surface area contributed by atoms with Gasteiger partial charge < -0.3 is 10.1 Å². The zero-order valence-electron chi connectivity index (χ0n) is 11.2. The molecule has 1 unspecified atom stereocenters. The first-order valence-corrected chi connectivity index (χ1v) is 7.84. The van der Waals surface area contributed by atoms with Gasteiger partial charge in [0, 0.05) is 24.7 Å². The van der Waals surface area contributed by atoms with Gasteiger partial charge in [0.05, 0.1) is 19.4 Å². The fourth-order valence-electron chi connectivity index (χ4n) is 2.09. The van der Waals surface area contributed by atoms with Crippen LogP contribution in [-0.4, -0.2) is 55.3 Å². The van der Waals surface area contributed by atoms with E-state index in [0.717, 1.165) is 6.54 Å². The number of H-pyrrole nitrogens is 1. The standard InChI is InChI=1S/C11H20N4O3S/c1-3-12-6-10-7-13-14-11(10)19(16,17)15-4-5-18-8-9(15)2/h7,9,12H,3-6,8H2,1-2H3,(H,13,14). The molecule has 0 aromatic carbocycles. The van der Waals surface area contributed by atoms with Crippen LogP contribution in [0.3, 0.4) is 0 Å². The van der Waals surface area contributed by atoms with Gasteiger partial charge in [0.1, 0.15) is 0 Å². The molecular formula is C11H20N4O3S. The minimum absolute atomic E-state index is 0.158. The van der Waals surface area contributed by atoms with Gasteiger partial charge in [-0.2, -0.15) is 9.40 Å². The van der Waals surface area contributed by atoms with E-state index in [9.17, 15) is 8.42 Å². The van der Waals surface area contributed by atoms with Gasteiger partial charge in [-0.15, -0.1) is 0 Å². The van der Waals surface area contributed by atoms with E-state index in [4.69, 9.17) is 4.74 Å². The lowest BCUT2D eigenvalue weighted by Crippen LogP contribution is -2.47. The largest absolute Gasteiger partial charge is 0.378 e. The Bertz CT molecular complexity index is 514. The highest BCUT2D eigenvalue weighted by atomic mass is 32.2. The molecule has 8 heteroatoms. The van der Waals surface area contributed by atoms with Crippen LogP contribution in [-0.2, 0) is 21.3 Å². The molecule has 1 aliphatic heterocycles. The zero-order chi connectivity index (χ0) is 13.9. The number of rotatable bonds is 5. The number of hydrogen-bond donors (Lipinski definition) is 2. The molecule has 0 spiro atoms. The second-order valence-electron chi connectivity index (χ2n) is 4.54. The van der Waals surface area contributed by atoms with Gasteiger partial charge in [0.15, 0.2) is 5.03 Å². The number of nitrogens with zero attached hydrogens (tertiary/aromatic N) is 2. The first-order chi connectivity index (χ1) is 9.07. The number of ether oxygens (including phenoxy) is 1. The van der Waals surface area contributed by atoms with E-state index in [2.05, 4.69) is 15.5 Å². The fraction of sp³-hybridized carbons (Fsp3) is 0.727. The van der Waals surface area contributed by atoms with Crippen molar-refractivity contribution in [3.8, 4) is 0 Å². The van der Waals surface area contributed by atoms with E-state index in [1.54, 1.807) is 6.20 Å². The van der Waals surface area contributed by atoms with E-state index in [-0.39, 0.29) is 11.1 Å². The molecule has 0 saturated carbocycles. The lowest BCUT2D eigenvalue weighted by molar-refractivity contribution is 0.0391. The molecular weight excluding hydrogens is 268 g/mol. The average Bonchev–Trinajstić information content (AvgIpc) is 2.85. The first-order valence-electron chi connectivity index (χ1n) is 6.40. The lowest BCUT2D eigenvalue weighted by Gasteiger charge is -2.31. The molecule has 1 saturated heterocycles. The first kappa shape index (κ1) is 14.4. The fourth-order valence-corrected chi connectivity index (χ4v) is 3.80. The van der Waals surface area contributed by atoms with Gasteiger partial charge in [-0.05, 0) is 13.5 Å². The van der Waals surface area contributed by atoms with Crippen molar-refractivity contribution in [3.05, 3.63) is 11.8 Å². The highest BCUT2D eigenvalue weighted by molar-refractivity contribution is 7.89. The van der Waals surface area contributed by atoms with Gasteiger partial charge in [-0.25, -0.2) is 8.42 Å². The molecule has 0 aliphatic carbocycles. The normalized spacial score (nSPS) is 21.7. The number of aromatic amines is 1. The topological polar surface area (TPSA) is 87.3 Å². The van der Waals surface area contributed by atoms with Crippen molar-refractivity contribution >= 4 is 10.0 Å². The molecule has 2 N–H and O–H groups in total. The van der Waals surface area contributed by atoms with Crippen LogP contribution in [0.5, 0.6) is 0 Å². The van der Waals surface area contributed by atoms with Crippen LogP contribution in [0.4, 0.5) is 0 Å². The van der Waals surface area contributed by atoms with Crippen molar-refractivity contribution in [1.82, 2.24) is 19.8 Å². The molecule has 7 nitrogen and oxygen atoms in total. The monoisotopic (exact) mass is 288 g/mol. The summed E-state index contributed by atoms with van der Waals surface area (Å²) >= 11 is 0. The molecule has 1 atom stereocenters. The Hall–Kier alpha value is -0.960. The van der Waals surface area contributed by atoms with Crippen LogP contribution in [0.25, 0.3) is 0 Å². The third-order valence-electron chi connectivity index (χ3n) is 3.12. The Morgan fingerprint density at radius 2 is 2.42 bits per heavy atom. The van der Waals surface area contributed by atoms with Crippen molar-refractivity contribution in [2.24, 2.45) is 0 Å². The van der Waals surface area contributed by atoms with Crippen LogP contribution in [0.1, 0.15) is 19.4 Å². The summed E-state index contributed by atoms with van der Waals surface area (Å²) in [5, 5.41) is 9.76. The molecule has 0 radical (unpaired) electrons. The molecule has 2 heterocycles. The number of morpholine rings is 1. The Morgan fingerprint density at radius 3 is 3.11 bits per heavy atom. The Morgan fingerprint density at radius 1 is 1.63 bits per heavy atom. The number of nitrogens with one attached hydrogen (secondary N) is 2. The molecule has 1 aliphatic rings. The van der Waals surface area contributed by atoms with Crippen LogP contribution in [0, 0.1) is 0 Å². The molecule has 0 bridgehead atoms. The number of sulfonamides is 1. The van der Waals surface area contributed by atoms with Crippen LogP contribution in [0.15, 0.2) is 11.2 Å². The summed E-state index contributed by atoms with van der Waals surface area (Å²) in [7, 11) is -3.53. The molecule has 2 rings (SSSR count). The smallest absolute Gasteiger partial charge is 0.260 e. The van der Waals surface area contributed by atoms with Gasteiger partial charge in [-0.3, -0.25) is 5.10 Å². The quantitative estimate of drug-likeness (QED) is 0.792. The maximum atomic E-state index is 12.6. The Balaban J connectivity index is 2.26. The molecule has 1 aromatic rings. The molecule has 19 heavy (non-hydrogen) atoms. The summed E-state index contributed by atoms with van der Waals surface area (Å²) in [5.74, 6) is 0. The minimum atomic E-state index is -3.53. The van der Waals surface area contributed by atoms with Gasteiger partial charge in [-0.1, -0.05) is 6.92 Å². The van der Waals surface area contributed by atoms with E-state index in [0.29, 0.717) is 31.9 Å². The number of hydrogen-bond acceptors (Lipinski definition) is 5. The Kier molecular flexibility index (Phi) is 4.56. The van der Waals surface area contributed by atoms with Crippen molar-refractivity contribution in [1.29, 1.82) is 0 Å². The molecule has 1 fully saturated rings. The maximum absolute atomic E-state index is 12.6. The van der Waals surface area contributed by atoms with Crippen LogP contribution < -0.4 is 5.32 Å². The third kappa shape index (κ3) is 2.97. The SMILES string of the molecule is CCNCc1cn[nH]c1S(=O)(=O)N1CCOCC1C. The van der Waals surface area contributed by atoms with E-state index < -0.39 is 10.0 Å². The summed E-state index contributed by atoms with van der Waals surface area (Å²) in [4.78, 5) is 0. The highest BCUT2D eigenvalue weighted by Gasteiger charge is 2.34. The molecule has 1 aromatic heterocycles.